The summed E-state index contributed by atoms with van der Waals surface area (Å²) in [4.78, 5) is 0. The summed E-state index contributed by atoms with van der Waals surface area (Å²) in [5, 5.41) is 0. The molecule has 0 radical (unpaired) electrons. The molecule has 0 spiro atoms. The van der Waals surface area contributed by atoms with Crippen LogP contribution in [0, 0.1) is 23.4 Å². The van der Waals surface area contributed by atoms with Gasteiger partial charge in [0.25, 0.3) is 0 Å². The van der Waals surface area contributed by atoms with Crippen LogP contribution >= 0.6 is 0 Å². The van der Waals surface area contributed by atoms with Crippen LogP contribution in [0.2, 0.25) is 0 Å². The number of benzene rings is 2. The lowest BCUT2D eigenvalue weighted by atomic mass is 9.96. The van der Waals surface area contributed by atoms with Crippen LogP contribution in [-0.4, -0.2) is 0 Å². The van der Waals surface area contributed by atoms with Crippen LogP contribution in [0.5, 0.6) is 0 Å². The fourth-order valence-electron chi connectivity index (χ4n) is 2.88. The average Bonchev–Trinajstić information content (AvgIpc) is 2.53. The Balaban J connectivity index is 2.00. The summed E-state index contributed by atoms with van der Waals surface area (Å²) in [6.45, 7) is 4.49. The monoisotopic (exact) mass is 320 g/mol. The summed E-state index contributed by atoms with van der Waals surface area (Å²) in [5.41, 5.74) is 2.25. The van der Waals surface area contributed by atoms with Crippen molar-refractivity contribution in [1.29, 1.82) is 0 Å². The molecule has 0 fully saturated rings. The Labute approximate surface area is 136 Å². The summed E-state index contributed by atoms with van der Waals surface area (Å²) in [6, 6.07) is 9.66. The quantitative estimate of drug-likeness (QED) is 0.509. The predicted molar refractivity (Wildman–Crippen MR) is 88.8 cm³/mol. The van der Waals surface area contributed by atoms with Crippen molar-refractivity contribution in [3.05, 3.63) is 59.4 Å². The molecule has 2 aromatic carbocycles. The molecule has 3 heteroatoms. The summed E-state index contributed by atoms with van der Waals surface area (Å²) >= 11 is 0. The topological polar surface area (TPSA) is 0 Å². The predicted octanol–water partition coefficient (Wildman–Crippen LogP) is 6.53. The lowest BCUT2D eigenvalue weighted by Gasteiger charge is -2.10. The minimum atomic E-state index is -1.42. The van der Waals surface area contributed by atoms with E-state index >= 15 is 0 Å². The van der Waals surface area contributed by atoms with Crippen molar-refractivity contribution in [2.75, 3.05) is 0 Å². The Kier molecular flexibility index (Phi) is 6.26. The largest absolute Gasteiger partial charge is 0.204 e. The zero-order chi connectivity index (χ0) is 16.8. The van der Waals surface area contributed by atoms with Gasteiger partial charge in [0.05, 0.1) is 0 Å². The van der Waals surface area contributed by atoms with Gasteiger partial charge in [-0.3, -0.25) is 0 Å². The van der Waals surface area contributed by atoms with Gasteiger partial charge in [-0.2, -0.15) is 0 Å². The first-order chi connectivity index (χ1) is 11.0. The molecule has 0 N–H and O–H groups in total. The molecule has 0 saturated heterocycles. The van der Waals surface area contributed by atoms with Gasteiger partial charge in [0.15, 0.2) is 17.5 Å². The van der Waals surface area contributed by atoms with E-state index in [-0.39, 0.29) is 0 Å². The fourth-order valence-corrected chi connectivity index (χ4v) is 2.88. The third kappa shape index (κ3) is 4.85. The van der Waals surface area contributed by atoms with Crippen molar-refractivity contribution in [2.24, 2.45) is 5.92 Å². The molecule has 0 aliphatic rings. The standard InChI is InChI=1S/C20H23F3/c1-3-5-14(2)6-4-7-15-8-10-16(11-9-15)17-12-18(21)20(23)19(22)13-17/h8-14H,3-7H2,1-2H3. The highest BCUT2D eigenvalue weighted by molar-refractivity contribution is 5.63. The van der Waals surface area contributed by atoms with E-state index < -0.39 is 17.5 Å². The summed E-state index contributed by atoms with van der Waals surface area (Å²) < 4.78 is 39.6. The molecule has 0 bridgehead atoms. The molecule has 23 heavy (non-hydrogen) atoms. The van der Waals surface area contributed by atoms with Crippen molar-refractivity contribution >= 4 is 0 Å². The molecule has 0 aliphatic heterocycles. The van der Waals surface area contributed by atoms with Gasteiger partial charge in [0.2, 0.25) is 0 Å². The van der Waals surface area contributed by atoms with Crippen LogP contribution < -0.4 is 0 Å². The highest BCUT2D eigenvalue weighted by Gasteiger charge is 2.11. The van der Waals surface area contributed by atoms with Crippen LogP contribution in [-0.2, 0) is 6.42 Å². The molecule has 0 aromatic heterocycles. The van der Waals surface area contributed by atoms with Crippen LogP contribution in [0.1, 0.15) is 45.1 Å². The minimum absolute atomic E-state index is 0.351. The zero-order valence-corrected chi connectivity index (χ0v) is 13.7. The maximum Gasteiger partial charge on any atom is 0.194 e. The van der Waals surface area contributed by atoms with E-state index in [0.717, 1.165) is 30.9 Å². The molecule has 0 amide bonds. The third-order valence-electron chi connectivity index (χ3n) is 4.21. The van der Waals surface area contributed by atoms with Gasteiger partial charge < -0.3 is 0 Å². The van der Waals surface area contributed by atoms with E-state index in [1.807, 2.05) is 24.3 Å². The molecule has 124 valence electrons. The Bertz CT molecular complexity index is 609. The molecule has 0 nitrogen and oxygen atoms in total. The Morgan fingerprint density at radius 2 is 1.48 bits per heavy atom. The maximum atomic E-state index is 13.3. The number of halogens is 3. The van der Waals surface area contributed by atoms with Crippen LogP contribution in [0.4, 0.5) is 13.2 Å². The molecule has 0 saturated carbocycles. The SMILES string of the molecule is CCCC(C)CCCc1ccc(-c2cc(F)c(F)c(F)c2)cc1. The van der Waals surface area contributed by atoms with Gasteiger partial charge in [0.1, 0.15) is 0 Å². The summed E-state index contributed by atoms with van der Waals surface area (Å²) in [6.07, 6.45) is 5.84. The third-order valence-corrected chi connectivity index (χ3v) is 4.21. The average molecular weight is 320 g/mol. The highest BCUT2D eigenvalue weighted by Crippen LogP contribution is 2.24. The molecule has 1 atom stereocenters. The van der Waals surface area contributed by atoms with Gasteiger partial charge in [0, 0.05) is 0 Å². The maximum absolute atomic E-state index is 13.3. The fraction of sp³-hybridized carbons (Fsp3) is 0.400. The first-order valence-corrected chi connectivity index (χ1v) is 8.25. The lowest BCUT2D eigenvalue weighted by molar-refractivity contribution is 0.448. The second-order valence-electron chi connectivity index (χ2n) is 6.24. The van der Waals surface area contributed by atoms with E-state index in [4.69, 9.17) is 0 Å². The molecular weight excluding hydrogens is 297 g/mol. The second-order valence-corrected chi connectivity index (χ2v) is 6.24. The highest BCUT2D eigenvalue weighted by atomic mass is 19.2. The van der Waals surface area contributed by atoms with Gasteiger partial charge in [-0.15, -0.1) is 0 Å². The van der Waals surface area contributed by atoms with E-state index in [0.29, 0.717) is 11.1 Å². The van der Waals surface area contributed by atoms with Crippen molar-refractivity contribution < 1.29 is 13.2 Å². The van der Waals surface area contributed by atoms with Crippen LogP contribution in [0.15, 0.2) is 36.4 Å². The van der Waals surface area contributed by atoms with Crippen molar-refractivity contribution in [3.63, 3.8) is 0 Å². The number of hydrogen-bond donors (Lipinski definition) is 0. The Morgan fingerprint density at radius 1 is 0.870 bits per heavy atom. The van der Waals surface area contributed by atoms with E-state index in [1.54, 1.807) is 0 Å². The van der Waals surface area contributed by atoms with Gasteiger partial charge >= 0.3 is 0 Å². The number of aryl methyl sites for hydroxylation is 1. The van der Waals surface area contributed by atoms with E-state index in [1.165, 1.54) is 24.8 Å². The zero-order valence-electron chi connectivity index (χ0n) is 13.7. The van der Waals surface area contributed by atoms with Crippen LogP contribution in [0.3, 0.4) is 0 Å². The Hall–Kier alpha value is -1.77. The number of hydrogen-bond acceptors (Lipinski definition) is 0. The molecule has 0 aliphatic carbocycles. The molecule has 2 aromatic rings. The minimum Gasteiger partial charge on any atom is -0.204 e. The molecular formula is C20H23F3. The van der Waals surface area contributed by atoms with Crippen molar-refractivity contribution in [1.82, 2.24) is 0 Å². The van der Waals surface area contributed by atoms with Gasteiger partial charge in [-0.1, -0.05) is 57.4 Å². The normalized spacial score (nSPS) is 12.4. The van der Waals surface area contributed by atoms with Crippen molar-refractivity contribution in [3.8, 4) is 11.1 Å². The molecule has 2 rings (SSSR count). The van der Waals surface area contributed by atoms with Gasteiger partial charge in [-0.05, 0) is 47.6 Å². The van der Waals surface area contributed by atoms with E-state index in [2.05, 4.69) is 13.8 Å². The smallest absolute Gasteiger partial charge is 0.194 e. The molecule has 0 heterocycles. The van der Waals surface area contributed by atoms with Crippen molar-refractivity contribution in [2.45, 2.75) is 46.0 Å². The first kappa shape index (κ1) is 17.6. The number of rotatable bonds is 7. The Morgan fingerprint density at radius 3 is 2.04 bits per heavy atom. The summed E-state index contributed by atoms with van der Waals surface area (Å²) in [5.74, 6) is -2.99. The van der Waals surface area contributed by atoms with E-state index in [9.17, 15) is 13.2 Å². The van der Waals surface area contributed by atoms with Gasteiger partial charge in [-0.25, -0.2) is 13.2 Å². The van der Waals surface area contributed by atoms with Crippen LogP contribution in [0.25, 0.3) is 11.1 Å². The summed E-state index contributed by atoms with van der Waals surface area (Å²) in [7, 11) is 0. The first-order valence-electron chi connectivity index (χ1n) is 8.25. The molecule has 1 unspecified atom stereocenters. The second kappa shape index (κ2) is 8.19. The lowest BCUT2D eigenvalue weighted by Crippen LogP contribution is -1.95.